The summed E-state index contributed by atoms with van der Waals surface area (Å²) in [6, 6.07) is -0.0863. The molecule has 0 aliphatic carbocycles. The Morgan fingerprint density at radius 3 is 2.72 bits per heavy atom. The molecule has 0 fully saturated rings. The van der Waals surface area contributed by atoms with E-state index in [0.29, 0.717) is 5.69 Å². The monoisotopic (exact) mass is 309 g/mol. The molecule has 0 bridgehead atoms. The smallest absolute Gasteiger partial charge is 0.252 e. The van der Waals surface area contributed by atoms with Crippen LogP contribution < -0.4 is 10.5 Å². The van der Waals surface area contributed by atoms with Crippen molar-refractivity contribution >= 4 is 38.3 Å². The third-order valence-corrected chi connectivity index (χ3v) is 6.39. The van der Waals surface area contributed by atoms with Crippen LogP contribution in [0, 0.1) is 6.92 Å². The molecule has 0 saturated heterocycles. The number of aryl methyl sites for hydroxylation is 1. The van der Waals surface area contributed by atoms with Gasteiger partial charge in [0.2, 0.25) is 0 Å². The van der Waals surface area contributed by atoms with Gasteiger partial charge in [-0.05, 0) is 31.8 Å². The van der Waals surface area contributed by atoms with Gasteiger partial charge in [0.05, 0.1) is 5.69 Å². The fourth-order valence-electron chi connectivity index (χ4n) is 1.43. The Hall–Kier alpha value is -0.310. The molecule has 1 aromatic heterocycles. The van der Waals surface area contributed by atoms with Gasteiger partial charge in [-0.1, -0.05) is 18.3 Å². The van der Waals surface area contributed by atoms with Crippen molar-refractivity contribution in [1.29, 1.82) is 0 Å². The number of rotatable bonds is 7. The zero-order chi connectivity index (χ0) is 13.8. The highest BCUT2D eigenvalue weighted by atomic mass is 32.2. The summed E-state index contributed by atoms with van der Waals surface area (Å²) in [6.45, 7) is 5.61. The standard InChI is InChI=1S/C10H19N3O2S3/c1-4-16-6-5-7(2)13-18(14,15)9-8(3)12-10(11)17-9/h7,13H,4-6H2,1-3H3,(H2,11,12). The van der Waals surface area contributed by atoms with Gasteiger partial charge in [0.15, 0.2) is 9.34 Å². The molecule has 3 N–H and O–H groups in total. The van der Waals surface area contributed by atoms with Crippen molar-refractivity contribution in [2.45, 2.75) is 37.4 Å². The van der Waals surface area contributed by atoms with Crippen LogP contribution in [-0.2, 0) is 10.0 Å². The molecular formula is C10H19N3O2S3. The number of sulfonamides is 1. The lowest BCUT2D eigenvalue weighted by Crippen LogP contribution is -2.32. The summed E-state index contributed by atoms with van der Waals surface area (Å²) in [5.41, 5.74) is 5.98. The number of nitrogens with one attached hydrogen (secondary N) is 1. The highest BCUT2D eigenvalue weighted by Crippen LogP contribution is 2.25. The number of hydrogen-bond donors (Lipinski definition) is 2. The van der Waals surface area contributed by atoms with Gasteiger partial charge in [0.1, 0.15) is 0 Å². The molecule has 0 aliphatic heterocycles. The van der Waals surface area contributed by atoms with Crippen molar-refractivity contribution in [3.63, 3.8) is 0 Å². The molecule has 0 saturated carbocycles. The molecule has 0 amide bonds. The van der Waals surface area contributed by atoms with Gasteiger partial charge in [-0.15, -0.1) is 0 Å². The lowest BCUT2D eigenvalue weighted by molar-refractivity contribution is 0.558. The second-order valence-electron chi connectivity index (χ2n) is 3.93. The van der Waals surface area contributed by atoms with Gasteiger partial charge in [-0.2, -0.15) is 11.8 Å². The number of thiazole rings is 1. The molecule has 0 aromatic carbocycles. The zero-order valence-electron chi connectivity index (χ0n) is 10.8. The lowest BCUT2D eigenvalue weighted by Gasteiger charge is -2.13. The molecule has 104 valence electrons. The molecule has 1 rings (SSSR count). The summed E-state index contributed by atoms with van der Waals surface area (Å²) >= 11 is 2.80. The molecule has 0 spiro atoms. The van der Waals surface area contributed by atoms with Gasteiger partial charge >= 0.3 is 0 Å². The van der Waals surface area contributed by atoms with Gasteiger partial charge in [0, 0.05) is 6.04 Å². The van der Waals surface area contributed by atoms with E-state index < -0.39 is 10.0 Å². The summed E-state index contributed by atoms with van der Waals surface area (Å²) in [4.78, 5) is 3.93. The van der Waals surface area contributed by atoms with Gasteiger partial charge in [0.25, 0.3) is 10.0 Å². The largest absolute Gasteiger partial charge is 0.375 e. The minimum absolute atomic E-state index is 0.0863. The summed E-state index contributed by atoms with van der Waals surface area (Å²) in [7, 11) is -3.49. The molecule has 1 aromatic rings. The van der Waals surface area contributed by atoms with E-state index in [1.165, 1.54) is 0 Å². The average Bonchev–Trinajstić information content (AvgIpc) is 2.58. The number of aromatic nitrogens is 1. The number of nitrogens with two attached hydrogens (primary N) is 1. The highest BCUT2D eigenvalue weighted by Gasteiger charge is 2.22. The van der Waals surface area contributed by atoms with E-state index in [0.717, 1.165) is 29.3 Å². The van der Waals surface area contributed by atoms with Crippen LogP contribution in [0.3, 0.4) is 0 Å². The minimum atomic E-state index is -3.49. The fraction of sp³-hybridized carbons (Fsp3) is 0.700. The number of thioether (sulfide) groups is 1. The Morgan fingerprint density at radius 2 is 2.22 bits per heavy atom. The Bertz CT molecular complexity index is 485. The third-order valence-electron chi connectivity index (χ3n) is 2.27. The maximum atomic E-state index is 12.1. The van der Waals surface area contributed by atoms with Crippen LogP contribution in [0.2, 0.25) is 0 Å². The second kappa shape index (κ2) is 6.74. The lowest BCUT2D eigenvalue weighted by atomic mass is 10.3. The van der Waals surface area contributed by atoms with E-state index in [1.54, 1.807) is 18.7 Å². The predicted octanol–water partition coefficient (Wildman–Crippen LogP) is 1.84. The second-order valence-corrected chi connectivity index (χ2v) is 8.27. The first-order valence-corrected chi connectivity index (χ1v) is 9.15. The van der Waals surface area contributed by atoms with Crippen LogP contribution in [0.4, 0.5) is 5.13 Å². The number of nitrogens with zero attached hydrogens (tertiary/aromatic N) is 1. The fourth-order valence-corrected chi connectivity index (χ4v) is 4.84. The predicted molar refractivity (Wildman–Crippen MR) is 78.7 cm³/mol. The Labute approximate surface area is 117 Å². The van der Waals surface area contributed by atoms with E-state index in [4.69, 9.17) is 5.73 Å². The van der Waals surface area contributed by atoms with Crippen molar-refractivity contribution in [2.24, 2.45) is 0 Å². The summed E-state index contributed by atoms with van der Waals surface area (Å²) in [5.74, 6) is 1.99. The van der Waals surface area contributed by atoms with Crippen molar-refractivity contribution in [2.75, 3.05) is 17.2 Å². The molecule has 1 heterocycles. The first kappa shape index (κ1) is 15.7. The van der Waals surface area contributed by atoms with Crippen LogP contribution in [-0.4, -0.2) is 30.9 Å². The normalized spacial score (nSPS) is 13.7. The summed E-state index contributed by atoms with van der Waals surface area (Å²) < 4.78 is 27.1. The summed E-state index contributed by atoms with van der Waals surface area (Å²) in [5, 5.41) is 0.280. The molecule has 0 radical (unpaired) electrons. The van der Waals surface area contributed by atoms with Crippen LogP contribution in [0.5, 0.6) is 0 Å². The van der Waals surface area contributed by atoms with Gasteiger partial charge in [-0.3, -0.25) is 0 Å². The summed E-state index contributed by atoms with van der Waals surface area (Å²) in [6.07, 6.45) is 0.811. The van der Waals surface area contributed by atoms with Crippen LogP contribution in [0.25, 0.3) is 0 Å². The Balaban J connectivity index is 2.67. The maximum absolute atomic E-state index is 12.1. The first-order valence-electron chi connectivity index (χ1n) is 5.69. The molecule has 5 nitrogen and oxygen atoms in total. The van der Waals surface area contributed by atoms with E-state index >= 15 is 0 Å². The molecule has 1 atom stereocenters. The molecule has 0 aliphatic rings. The van der Waals surface area contributed by atoms with E-state index in [1.807, 2.05) is 6.92 Å². The van der Waals surface area contributed by atoms with Crippen LogP contribution >= 0.6 is 23.1 Å². The van der Waals surface area contributed by atoms with E-state index in [-0.39, 0.29) is 15.4 Å². The number of anilines is 1. The number of nitrogen functional groups attached to an aromatic ring is 1. The molecular weight excluding hydrogens is 290 g/mol. The van der Waals surface area contributed by atoms with Gasteiger partial charge < -0.3 is 5.73 Å². The highest BCUT2D eigenvalue weighted by molar-refractivity contribution is 7.99. The van der Waals surface area contributed by atoms with Crippen molar-refractivity contribution in [3.8, 4) is 0 Å². The van der Waals surface area contributed by atoms with Crippen molar-refractivity contribution in [3.05, 3.63) is 5.69 Å². The van der Waals surface area contributed by atoms with E-state index in [9.17, 15) is 8.42 Å². The van der Waals surface area contributed by atoms with E-state index in [2.05, 4.69) is 16.6 Å². The molecule has 1 unspecified atom stereocenters. The quantitative estimate of drug-likeness (QED) is 0.751. The zero-order valence-corrected chi connectivity index (χ0v) is 13.2. The average molecular weight is 309 g/mol. The Kier molecular flexibility index (Phi) is 5.90. The third kappa shape index (κ3) is 4.42. The van der Waals surface area contributed by atoms with Crippen LogP contribution in [0.15, 0.2) is 4.21 Å². The molecule has 18 heavy (non-hydrogen) atoms. The Morgan fingerprint density at radius 1 is 1.56 bits per heavy atom. The van der Waals surface area contributed by atoms with Crippen LogP contribution in [0.1, 0.15) is 26.0 Å². The van der Waals surface area contributed by atoms with Crippen molar-refractivity contribution < 1.29 is 8.42 Å². The maximum Gasteiger partial charge on any atom is 0.252 e. The number of hydrogen-bond acceptors (Lipinski definition) is 6. The topological polar surface area (TPSA) is 85.1 Å². The minimum Gasteiger partial charge on any atom is -0.375 e. The first-order chi connectivity index (χ1) is 8.36. The van der Waals surface area contributed by atoms with Crippen molar-refractivity contribution in [1.82, 2.24) is 9.71 Å². The van der Waals surface area contributed by atoms with Gasteiger partial charge in [-0.25, -0.2) is 18.1 Å². The molecule has 8 heteroatoms. The SMILES string of the molecule is CCSCCC(C)NS(=O)(=O)c1sc(N)nc1C.